The van der Waals surface area contributed by atoms with E-state index in [4.69, 9.17) is 14.2 Å². The van der Waals surface area contributed by atoms with Crippen LogP contribution in [0.5, 0.6) is 11.5 Å². The summed E-state index contributed by atoms with van der Waals surface area (Å²) in [6.45, 7) is 3.77. The highest BCUT2D eigenvalue weighted by Crippen LogP contribution is 2.33. The lowest BCUT2D eigenvalue weighted by molar-refractivity contribution is -0.0228. The van der Waals surface area contributed by atoms with Gasteiger partial charge in [-0.15, -0.1) is 0 Å². The normalized spacial score (nSPS) is 19.4. The molecule has 0 N–H and O–H groups in total. The number of benzene rings is 1. The van der Waals surface area contributed by atoms with Crippen LogP contribution in [0, 0.1) is 6.92 Å². The maximum absolute atomic E-state index is 12.8. The van der Waals surface area contributed by atoms with Crippen LogP contribution in [0.25, 0.3) is 0 Å². The third-order valence-corrected chi connectivity index (χ3v) is 4.27. The molecule has 24 heavy (non-hydrogen) atoms. The van der Waals surface area contributed by atoms with Crippen molar-refractivity contribution in [1.29, 1.82) is 0 Å². The number of hydrogen-bond donors (Lipinski definition) is 0. The number of nitrogens with zero attached hydrogens (tertiary/aromatic N) is 2. The van der Waals surface area contributed by atoms with Crippen LogP contribution in [-0.4, -0.2) is 42.3 Å². The number of hydrogen-bond acceptors (Lipinski definition) is 5. The van der Waals surface area contributed by atoms with Crippen molar-refractivity contribution in [3.8, 4) is 11.5 Å². The van der Waals surface area contributed by atoms with E-state index in [1.54, 1.807) is 24.4 Å². The number of carbonyl (C=O) groups excluding carboxylic acids is 1. The van der Waals surface area contributed by atoms with E-state index in [-0.39, 0.29) is 18.8 Å². The smallest absolute Gasteiger partial charge is 0.254 e. The molecule has 4 rings (SSSR count). The van der Waals surface area contributed by atoms with Crippen molar-refractivity contribution in [2.24, 2.45) is 0 Å². The Labute approximate surface area is 140 Å². The lowest BCUT2D eigenvalue weighted by atomic mass is 10.1. The second kappa shape index (κ2) is 6.13. The molecule has 0 aliphatic carbocycles. The van der Waals surface area contributed by atoms with Crippen LogP contribution in [0.2, 0.25) is 0 Å². The number of ether oxygens (including phenoxy) is 3. The minimum atomic E-state index is -0.126. The summed E-state index contributed by atoms with van der Waals surface area (Å²) in [5, 5.41) is 0. The van der Waals surface area contributed by atoms with E-state index in [9.17, 15) is 4.79 Å². The fraction of sp³-hybridized carbons (Fsp3) is 0.333. The predicted octanol–water partition coefficient (Wildman–Crippen LogP) is 2.33. The van der Waals surface area contributed by atoms with E-state index in [1.165, 1.54) is 0 Å². The van der Waals surface area contributed by atoms with Crippen LogP contribution in [0.3, 0.4) is 0 Å². The van der Waals surface area contributed by atoms with Crippen LogP contribution in [0.4, 0.5) is 0 Å². The zero-order chi connectivity index (χ0) is 16.5. The Hall–Kier alpha value is -2.60. The van der Waals surface area contributed by atoms with Crippen molar-refractivity contribution in [2.75, 3.05) is 26.5 Å². The zero-order valence-electron chi connectivity index (χ0n) is 13.4. The standard InChI is InChI=1S/C18H18N2O4/c1-12-8-13(4-5-19-12)17-10-20(6-7-22-17)18(21)14-2-3-15-16(9-14)24-11-23-15/h2-5,8-9,17H,6-7,10-11H2,1H3/t17-/m1/s1. The summed E-state index contributed by atoms with van der Waals surface area (Å²) in [4.78, 5) is 18.8. The Kier molecular flexibility index (Phi) is 3.82. The van der Waals surface area contributed by atoms with E-state index >= 15 is 0 Å². The van der Waals surface area contributed by atoms with Gasteiger partial charge in [0.15, 0.2) is 11.5 Å². The second-order valence-corrected chi connectivity index (χ2v) is 5.91. The van der Waals surface area contributed by atoms with Crippen LogP contribution in [-0.2, 0) is 4.74 Å². The summed E-state index contributed by atoms with van der Waals surface area (Å²) >= 11 is 0. The maximum Gasteiger partial charge on any atom is 0.254 e. The molecule has 3 heterocycles. The Balaban J connectivity index is 1.52. The van der Waals surface area contributed by atoms with Gasteiger partial charge in [0.25, 0.3) is 5.91 Å². The average Bonchev–Trinajstić information content (AvgIpc) is 3.09. The van der Waals surface area contributed by atoms with Crippen molar-refractivity contribution >= 4 is 5.91 Å². The van der Waals surface area contributed by atoms with Gasteiger partial charge in [-0.25, -0.2) is 0 Å². The number of amides is 1. The highest BCUT2D eigenvalue weighted by Gasteiger charge is 2.27. The monoisotopic (exact) mass is 326 g/mol. The third-order valence-electron chi connectivity index (χ3n) is 4.27. The minimum Gasteiger partial charge on any atom is -0.454 e. The van der Waals surface area contributed by atoms with Crippen LogP contribution < -0.4 is 9.47 Å². The van der Waals surface area contributed by atoms with Crippen LogP contribution >= 0.6 is 0 Å². The number of aryl methyl sites for hydroxylation is 1. The number of fused-ring (bicyclic) bond motifs is 1. The van der Waals surface area contributed by atoms with Crippen molar-refractivity contribution in [1.82, 2.24) is 9.88 Å². The van der Waals surface area contributed by atoms with Gasteiger partial charge in [0, 0.05) is 24.0 Å². The molecule has 2 aromatic rings. The van der Waals surface area contributed by atoms with E-state index in [1.807, 2.05) is 24.0 Å². The minimum absolute atomic E-state index is 0.0209. The quantitative estimate of drug-likeness (QED) is 0.848. The molecule has 0 unspecified atom stereocenters. The predicted molar refractivity (Wildman–Crippen MR) is 86.1 cm³/mol. The average molecular weight is 326 g/mol. The first-order valence-electron chi connectivity index (χ1n) is 7.94. The molecule has 124 valence electrons. The van der Waals surface area contributed by atoms with E-state index < -0.39 is 0 Å². The summed E-state index contributed by atoms with van der Waals surface area (Å²) in [5.74, 6) is 1.28. The van der Waals surface area contributed by atoms with Crippen molar-refractivity contribution in [3.63, 3.8) is 0 Å². The molecule has 1 fully saturated rings. The van der Waals surface area contributed by atoms with Crippen molar-refractivity contribution in [3.05, 3.63) is 53.3 Å². The maximum atomic E-state index is 12.8. The van der Waals surface area contributed by atoms with Gasteiger partial charge in [-0.05, 0) is 42.8 Å². The summed E-state index contributed by atoms with van der Waals surface area (Å²) in [6.07, 6.45) is 1.64. The van der Waals surface area contributed by atoms with Crippen LogP contribution in [0.15, 0.2) is 36.5 Å². The first kappa shape index (κ1) is 15.0. The molecule has 0 radical (unpaired) electrons. The molecule has 6 nitrogen and oxygen atoms in total. The summed E-state index contributed by atoms with van der Waals surface area (Å²) in [6, 6.07) is 9.23. The van der Waals surface area contributed by atoms with E-state index in [2.05, 4.69) is 4.98 Å². The molecular weight excluding hydrogens is 308 g/mol. The molecule has 1 saturated heterocycles. The summed E-state index contributed by atoms with van der Waals surface area (Å²) in [7, 11) is 0. The van der Waals surface area contributed by atoms with Gasteiger partial charge in [0.2, 0.25) is 6.79 Å². The first-order chi connectivity index (χ1) is 11.7. The van der Waals surface area contributed by atoms with Gasteiger partial charge in [0.05, 0.1) is 13.2 Å². The van der Waals surface area contributed by atoms with Crippen molar-refractivity contribution < 1.29 is 19.0 Å². The van der Waals surface area contributed by atoms with Crippen LogP contribution in [0.1, 0.15) is 27.7 Å². The number of aromatic nitrogens is 1. The summed E-state index contributed by atoms with van der Waals surface area (Å²) < 4.78 is 16.5. The molecule has 1 atom stereocenters. The van der Waals surface area contributed by atoms with Gasteiger partial charge in [-0.1, -0.05) is 0 Å². The number of rotatable bonds is 2. The highest BCUT2D eigenvalue weighted by molar-refractivity contribution is 5.95. The SMILES string of the molecule is Cc1cc([C@H]2CN(C(=O)c3ccc4c(c3)OCO4)CCO2)ccn1. The van der Waals surface area contributed by atoms with Gasteiger partial charge in [-0.3, -0.25) is 9.78 Å². The first-order valence-corrected chi connectivity index (χ1v) is 7.94. The molecule has 0 saturated carbocycles. The largest absolute Gasteiger partial charge is 0.454 e. The lowest BCUT2D eigenvalue weighted by Crippen LogP contribution is -2.42. The molecule has 1 amide bonds. The fourth-order valence-corrected chi connectivity index (χ4v) is 3.02. The lowest BCUT2D eigenvalue weighted by Gasteiger charge is -2.33. The van der Waals surface area contributed by atoms with Gasteiger partial charge in [-0.2, -0.15) is 0 Å². The van der Waals surface area contributed by atoms with Gasteiger partial charge < -0.3 is 19.1 Å². The fourth-order valence-electron chi connectivity index (χ4n) is 3.02. The highest BCUT2D eigenvalue weighted by atomic mass is 16.7. The molecule has 1 aromatic heterocycles. The van der Waals surface area contributed by atoms with Gasteiger partial charge in [0.1, 0.15) is 6.10 Å². The Morgan fingerprint density at radius 1 is 1.21 bits per heavy atom. The molecule has 6 heteroatoms. The Morgan fingerprint density at radius 3 is 2.96 bits per heavy atom. The van der Waals surface area contributed by atoms with E-state index in [0.29, 0.717) is 36.8 Å². The molecule has 0 spiro atoms. The molecular formula is C18H18N2O4. The number of carbonyl (C=O) groups is 1. The third kappa shape index (κ3) is 2.80. The molecule has 2 aliphatic heterocycles. The van der Waals surface area contributed by atoms with E-state index in [0.717, 1.165) is 11.3 Å². The Morgan fingerprint density at radius 2 is 2.08 bits per heavy atom. The number of pyridine rings is 1. The van der Waals surface area contributed by atoms with Crippen molar-refractivity contribution in [2.45, 2.75) is 13.0 Å². The topological polar surface area (TPSA) is 60.9 Å². The number of morpholine rings is 1. The molecule has 1 aromatic carbocycles. The second-order valence-electron chi connectivity index (χ2n) is 5.91. The van der Waals surface area contributed by atoms with Gasteiger partial charge >= 0.3 is 0 Å². The zero-order valence-corrected chi connectivity index (χ0v) is 13.4. The molecule has 2 aliphatic rings. The summed E-state index contributed by atoms with van der Waals surface area (Å²) in [5.41, 5.74) is 2.59. The molecule has 0 bridgehead atoms. The Bertz CT molecular complexity index is 777.